The average molecular weight is 502 g/mol. The van der Waals surface area contributed by atoms with Gasteiger partial charge in [0.1, 0.15) is 5.82 Å². The van der Waals surface area contributed by atoms with E-state index < -0.39 is 18.3 Å². The smallest absolute Gasteiger partial charge is 0.328 e. The van der Waals surface area contributed by atoms with Gasteiger partial charge in [0.15, 0.2) is 0 Å². The number of carbonyl (C=O) groups is 2. The number of carboxylic acid groups (broad SMARTS) is 1. The predicted molar refractivity (Wildman–Crippen MR) is 147 cm³/mol. The van der Waals surface area contributed by atoms with Gasteiger partial charge in [-0.1, -0.05) is 55.7 Å². The molecular formula is C31H33FN2O3. The van der Waals surface area contributed by atoms with Crippen molar-refractivity contribution in [1.29, 1.82) is 0 Å². The SMILES string of the molecule is [2H][C@@H](c1ccc(-c2ccc(N(C)C)cc2)cc1F)N(C(=O)C1CCCCC1)c1cccc(/C=C/C(=O)O)c1. The number of rotatable bonds is 8. The van der Waals surface area contributed by atoms with E-state index in [-0.39, 0.29) is 17.4 Å². The van der Waals surface area contributed by atoms with Crippen LogP contribution in [-0.4, -0.2) is 31.1 Å². The molecule has 1 atom stereocenters. The van der Waals surface area contributed by atoms with Crippen molar-refractivity contribution in [3.8, 4) is 11.1 Å². The molecule has 0 heterocycles. The van der Waals surface area contributed by atoms with Crippen LogP contribution in [0.5, 0.6) is 0 Å². The van der Waals surface area contributed by atoms with Gasteiger partial charge in [0.2, 0.25) is 5.91 Å². The van der Waals surface area contributed by atoms with Crippen LogP contribution in [0.3, 0.4) is 0 Å². The van der Waals surface area contributed by atoms with Crippen molar-refractivity contribution in [3.05, 3.63) is 89.8 Å². The van der Waals surface area contributed by atoms with Crippen molar-refractivity contribution in [2.75, 3.05) is 23.9 Å². The molecule has 192 valence electrons. The number of benzene rings is 3. The van der Waals surface area contributed by atoms with E-state index in [2.05, 4.69) is 0 Å². The van der Waals surface area contributed by atoms with E-state index >= 15 is 4.39 Å². The lowest BCUT2D eigenvalue weighted by Crippen LogP contribution is -2.37. The number of nitrogens with zero attached hydrogens (tertiary/aromatic N) is 2. The molecule has 0 radical (unpaired) electrons. The lowest BCUT2D eigenvalue weighted by molar-refractivity contribution is -0.131. The first-order valence-electron chi connectivity index (χ1n) is 13.2. The summed E-state index contributed by atoms with van der Waals surface area (Å²) in [6.07, 6.45) is 6.91. The summed E-state index contributed by atoms with van der Waals surface area (Å²) in [5.41, 5.74) is 3.71. The van der Waals surface area contributed by atoms with Crippen LogP contribution in [0.2, 0.25) is 0 Å². The summed E-state index contributed by atoms with van der Waals surface area (Å²) >= 11 is 0. The summed E-state index contributed by atoms with van der Waals surface area (Å²) in [6, 6.07) is 19.4. The summed E-state index contributed by atoms with van der Waals surface area (Å²) < 4.78 is 24.6. The monoisotopic (exact) mass is 501 g/mol. The van der Waals surface area contributed by atoms with Crippen molar-refractivity contribution in [1.82, 2.24) is 0 Å². The Labute approximate surface area is 219 Å². The van der Waals surface area contributed by atoms with Crippen LogP contribution >= 0.6 is 0 Å². The minimum absolute atomic E-state index is 0.106. The predicted octanol–water partition coefficient (Wildman–Crippen LogP) is 6.77. The van der Waals surface area contributed by atoms with Gasteiger partial charge >= 0.3 is 5.97 Å². The maximum Gasteiger partial charge on any atom is 0.328 e. The maximum absolute atomic E-state index is 15.5. The van der Waals surface area contributed by atoms with E-state index in [0.29, 0.717) is 16.8 Å². The maximum atomic E-state index is 15.5. The van der Waals surface area contributed by atoms with E-state index in [1.165, 1.54) is 17.0 Å². The van der Waals surface area contributed by atoms with Gasteiger partial charge in [0, 0.05) is 43.0 Å². The molecule has 3 aromatic carbocycles. The topological polar surface area (TPSA) is 60.9 Å². The van der Waals surface area contributed by atoms with Gasteiger partial charge in [-0.3, -0.25) is 4.79 Å². The van der Waals surface area contributed by atoms with Crippen molar-refractivity contribution < 1.29 is 20.5 Å². The highest BCUT2D eigenvalue weighted by Crippen LogP contribution is 2.31. The van der Waals surface area contributed by atoms with Crippen LogP contribution in [0.1, 0.15) is 44.6 Å². The van der Waals surface area contributed by atoms with Crippen LogP contribution in [0.15, 0.2) is 72.8 Å². The average Bonchev–Trinajstić information content (AvgIpc) is 2.92. The third-order valence-electron chi connectivity index (χ3n) is 6.74. The van der Waals surface area contributed by atoms with Crippen LogP contribution in [0, 0.1) is 11.7 Å². The van der Waals surface area contributed by atoms with Gasteiger partial charge in [-0.05, 0) is 65.9 Å². The number of carboxylic acids is 1. The number of carbonyl (C=O) groups excluding carboxylic acids is 1. The molecule has 4 rings (SSSR count). The molecule has 0 aliphatic heterocycles. The number of anilines is 2. The number of aliphatic carboxylic acids is 1. The molecule has 0 spiro atoms. The van der Waals surface area contributed by atoms with Gasteiger partial charge in [-0.2, -0.15) is 0 Å². The first-order chi connectivity index (χ1) is 18.2. The number of amides is 1. The Morgan fingerprint density at radius 1 is 0.973 bits per heavy atom. The zero-order chi connectivity index (χ0) is 27.2. The van der Waals surface area contributed by atoms with E-state index in [0.717, 1.165) is 49.4 Å². The standard InChI is InChI=1S/C31H33FN2O3/c1-33(2)27-16-14-23(15-17-27)25-12-13-26(29(32)20-25)21-34(31(37)24-8-4-3-5-9-24)28-10-6-7-22(19-28)11-18-30(35)36/h6-7,10-20,24H,3-5,8-9,21H2,1-2H3,(H,35,36)/b18-11+/i21D/t21-/m0/s1. The second-order valence-electron chi connectivity index (χ2n) is 9.62. The molecule has 37 heavy (non-hydrogen) atoms. The molecule has 1 saturated carbocycles. The van der Waals surface area contributed by atoms with E-state index in [1.54, 1.807) is 36.4 Å². The zero-order valence-corrected chi connectivity index (χ0v) is 21.2. The fourth-order valence-corrected chi connectivity index (χ4v) is 4.66. The Morgan fingerprint density at radius 3 is 2.32 bits per heavy atom. The first kappa shape index (κ1) is 24.8. The summed E-state index contributed by atoms with van der Waals surface area (Å²) in [6.45, 7) is -1.30. The van der Waals surface area contributed by atoms with Gasteiger partial charge in [-0.15, -0.1) is 0 Å². The normalized spacial score (nSPS) is 15.3. The highest BCUT2D eigenvalue weighted by atomic mass is 19.1. The Kier molecular flexibility index (Phi) is 7.94. The van der Waals surface area contributed by atoms with E-state index in [4.69, 9.17) is 6.48 Å². The molecule has 1 aliphatic rings. The number of halogens is 1. The minimum atomic E-state index is -1.30. The van der Waals surface area contributed by atoms with Gasteiger partial charge in [0.25, 0.3) is 0 Å². The molecule has 1 aliphatic carbocycles. The summed E-state index contributed by atoms with van der Waals surface area (Å²) in [5.74, 6) is -2.07. The molecule has 0 unspecified atom stereocenters. The van der Waals surface area contributed by atoms with Gasteiger partial charge < -0.3 is 14.9 Å². The lowest BCUT2D eigenvalue weighted by atomic mass is 9.88. The van der Waals surface area contributed by atoms with E-state index in [1.807, 2.05) is 43.3 Å². The Balaban J connectivity index is 1.69. The second-order valence-corrected chi connectivity index (χ2v) is 9.62. The molecule has 3 aromatic rings. The molecule has 0 aromatic heterocycles. The second kappa shape index (κ2) is 11.9. The first-order valence-corrected chi connectivity index (χ1v) is 12.6. The molecule has 1 N–H and O–H groups in total. The summed E-state index contributed by atoms with van der Waals surface area (Å²) in [5, 5.41) is 9.00. The third kappa shape index (κ3) is 6.64. The third-order valence-corrected chi connectivity index (χ3v) is 6.74. The van der Waals surface area contributed by atoms with E-state index in [9.17, 15) is 9.59 Å². The largest absolute Gasteiger partial charge is 0.478 e. The van der Waals surface area contributed by atoms with Crippen LogP contribution in [-0.2, 0) is 16.1 Å². The Hall–Kier alpha value is -3.93. The molecule has 1 fully saturated rings. The number of hydrogen-bond acceptors (Lipinski definition) is 3. The van der Waals surface area contributed by atoms with Crippen molar-refractivity contribution in [2.24, 2.45) is 5.92 Å². The molecule has 1 amide bonds. The minimum Gasteiger partial charge on any atom is -0.478 e. The molecule has 6 heteroatoms. The van der Waals surface area contributed by atoms with Crippen molar-refractivity contribution in [3.63, 3.8) is 0 Å². The van der Waals surface area contributed by atoms with Crippen molar-refractivity contribution >= 4 is 29.3 Å². The summed E-state index contributed by atoms with van der Waals surface area (Å²) in [7, 11) is 3.91. The quantitative estimate of drug-likeness (QED) is 0.346. The molecular weight excluding hydrogens is 467 g/mol. The van der Waals surface area contributed by atoms with Crippen LogP contribution < -0.4 is 9.80 Å². The fourth-order valence-electron chi connectivity index (χ4n) is 4.66. The van der Waals surface area contributed by atoms with Gasteiger partial charge in [-0.25, -0.2) is 9.18 Å². The van der Waals surface area contributed by atoms with Crippen molar-refractivity contribution in [2.45, 2.75) is 38.6 Å². The van der Waals surface area contributed by atoms with Crippen LogP contribution in [0.25, 0.3) is 17.2 Å². The Bertz CT molecular complexity index is 1320. The highest BCUT2D eigenvalue weighted by molar-refractivity contribution is 5.95. The molecule has 5 nitrogen and oxygen atoms in total. The fraction of sp³-hybridized carbons (Fsp3) is 0.290. The van der Waals surface area contributed by atoms with Crippen LogP contribution in [0.4, 0.5) is 15.8 Å². The number of hydrogen-bond donors (Lipinski definition) is 1. The highest BCUT2D eigenvalue weighted by Gasteiger charge is 2.28. The Morgan fingerprint density at radius 2 is 1.68 bits per heavy atom. The molecule has 0 saturated heterocycles. The zero-order valence-electron chi connectivity index (χ0n) is 22.2. The molecule has 0 bridgehead atoms. The van der Waals surface area contributed by atoms with Gasteiger partial charge in [0.05, 0.1) is 7.89 Å². The summed E-state index contributed by atoms with van der Waals surface area (Å²) in [4.78, 5) is 28.1. The lowest BCUT2D eigenvalue weighted by Gasteiger charge is -2.30.